The number of pyridine rings is 1. The largest absolute Gasteiger partial charge is 0.350 e. The maximum atomic E-state index is 11.7. The van der Waals surface area contributed by atoms with E-state index in [1.807, 2.05) is 26.0 Å². The van der Waals surface area contributed by atoms with Gasteiger partial charge >= 0.3 is 0 Å². The maximum Gasteiger partial charge on any atom is 0.224 e. The Morgan fingerprint density at radius 2 is 2.24 bits per heavy atom. The first-order valence-corrected chi connectivity index (χ1v) is 6.02. The quantitative estimate of drug-likeness (QED) is 0.807. The number of hydrogen-bond acceptors (Lipinski definition) is 3. The summed E-state index contributed by atoms with van der Waals surface area (Å²) in [6.07, 6.45) is 2.66. The second-order valence-electron chi connectivity index (χ2n) is 4.33. The van der Waals surface area contributed by atoms with E-state index in [0.29, 0.717) is 6.54 Å². The fourth-order valence-electron chi connectivity index (χ4n) is 1.52. The monoisotopic (exact) mass is 235 g/mol. The third-order valence-electron chi connectivity index (χ3n) is 3.00. The van der Waals surface area contributed by atoms with Crippen LogP contribution in [0.25, 0.3) is 0 Å². The predicted molar refractivity (Wildman–Crippen MR) is 68.3 cm³/mol. The van der Waals surface area contributed by atoms with Crippen molar-refractivity contribution in [3.8, 4) is 0 Å². The molecule has 0 spiro atoms. The molecule has 1 heterocycles. The summed E-state index contributed by atoms with van der Waals surface area (Å²) in [6.45, 7) is 6.22. The van der Waals surface area contributed by atoms with Gasteiger partial charge < -0.3 is 11.1 Å². The van der Waals surface area contributed by atoms with Gasteiger partial charge in [-0.1, -0.05) is 19.9 Å². The van der Waals surface area contributed by atoms with Gasteiger partial charge in [-0.3, -0.25) is 9.78 Å². The summed E-state index contributed by atoms with van der Waals surface area (Å²) in [4.78, 5) is 16.0. The van der Waals surface area contributed by atoms with Crippen LogP contribution in [0.15, 0.2) is 18.3 Å². The average molecular weight is 235 g/mol. The number of aryl methyl sites for hydroxylation is 1. The molecule has 1 aromatic heterocycles. The van der Waals surface area contributed by atoms with Crippen LogP contribution in [0.3, 0.4) is 0 Å². The first kappa shape index (κ1) is 13.6. The van der Waals surface area contributed by atoms with E-state index in [2.05, 4.69) is 17.2 Å². The molecule has 0 aliphatic heterocycles. The van der Waals surface area contributed by atoms with Crippen LogP contribution in [0.2, 0.25) is 0 Å². The lowest BCUT2D eigenvalue weighted by molar-refractivity contribution is -0.125. The Morgan fingerprint density at radius 3 is 2.82 bits per heavy atom. The molecule has 0 aliphatic rings. The minimum Gasteiger partial charge on any atom is -0.350 e. The minimum atomic E-state index is -0.177. The molecular weight excluding hydrogens is 214 g/mol. The second kappa shape index (κ2) is 6.35. The summed E-state index contributed by atoms with van der Waals surface area (Å²) >= 11 is 0. The van der Waals surface area contributed by atoms with E-state index >= 15 is 0 Å². The summed E-state index contributed by atoms with van der Waals surface area (Å²) in [6, 6.07) is 3.81. The van der Waals surface area contributed by atoms with Gasteiger partial charge in [0.25, 0.3) is 0 Å². The van der Waals surface area contributed by atoms with Gasteiger partial charge in [-0.05, 0) is 25.0 Å². The SMILES string of the molecule is CCc1cccnc1CNC(=O)C(C)C(C)N. The topological polar surface area (TPSA) is 68.0 Å². The van der Waals surface area contributed by atoms with Gasteiger partial charge in [-0.15, -0.1) is 0 Å². The van der Waals surface area contributed by atoms with Crippen molar-refractivity contribution in [2.45, 2.75) is 39.8 Å². The fraction of sp³-hybridized carbons (Fsp3) is 0.538. The third-order valence-corrected chi connectivity index (χ3v) is 3.00. The van der Waals surface area contributed by atoms with E-state index < -0.39 is 0 Å². The van der Waals surface area contributed by atoms with E-state index in [1.165, 1.54) is 5.56 Å². The Hall–Kier alpha value is -1.42. The molecule has 0 saturated heterocycles. The molecule has 17 heavy (non-hydrogen) atoms. The van der Waals surface area contributed by atoms with Crippen molar-refractivity contribution >= 4 is 5.91 Å². The number of carbonyl (C=O) groups is 1. The highest BCUT2D eigenvalue weighted by molar-refractivity contribution is 5.78. The Balaban J connectivity index is 2.58. The van der Waals surface area contributed by atoms with Crippen molar-refractivity contribution in [3.63, 3.8) is 0 Å². The van der Waals surface area contributed by atoms with Crippen molar-refractivity contribution in [3.05, 3.63) is 29.6 Å². The highest BCUT2D eigenvalue weighted by Gasteiger charge is 2.16. The molecule has 3 N–H and O–H groups in total. The number of nitrogens with two attached hydrogens (primary N) is 1. The van der Waals surface area contributed by atoms with Crippen LogP contribution in [0.4, 0.5) is 0 Å². The Kier molecular flexibility index (Phi) is 5.10. The highest BCUT2D eigenvalue weighted by atomic mass is 16.1. The number of nitrogens with one attached hydrogen (secondary N) is 1. The van der Waals surface area contributed by atoms with Crippen molar-refractivity contribution in [1.82, 2.24) is 10.3 Å². The first-order valence-electron chi connectivity index (χ1n) is 6.02. The lowest BCUT2D eigenvalue weighted by atomic mass is 10.0. The third kappa shape index (κ3) is 3.82. The summed E-state index contributed by atoms with van der Waals surface area (Å²) in [7, 11) is 0. The van der Waals surface area contributed by atoms with E-state index in [-0.39, 0.29) is 17.9 Å². The van der Waals surface area contributed by atoms with Gasteiger partial charge in [-0.2, -0.15) is 0 Å². The minimum absolute atomic E-state index is 0.0206. The molecule has 4 nitrogen and oxygen atoms in total. The molecule has 0 bridgehead atoms. The Labute approximate surface area is 103 Å². The van der Waals surface area contributed by atoms with Gasteiger partial charge in [0.1, 0.15) is 0 Å². The number of rotatable bonds is 5. The van der Waals surface area contributed by atoms with E-state index in [4.69, 9.17) is 5.73 Å². The summed E-state index contributed by atoms with van der Waals surface area (Å²) < 4.78 is 0. The molecule has 2 unspecified atom stereocenters. The summed E-state index contributed by atoms with van der Waals surface area (Å²) in [5.41, 5.74) is 7.78. The number of hydrogen-bond donors (Lipinski definition) is 2. The normalized spacial score (nSPS) is 14.1. The Morgan fingerprint density at radius 1 is 1.53 bits per heavy atom. The second-order valence-corrected chi connectivity index (χ2v) is 4.33. The number of nitrogens with zero attached hydrogens (tertiary/aromatic N) is 1. The molecule has 0 saturated carbocycles. The molecule has 0 aliphatic carbocycles. The number of aromatic nitrogens is 1. The van der Waals surface area contributed by atoms with Gasteiger partial charge in [0.05, 0.1) is 12.2 Å². The van der Waals surface area contributed by atoms with Crippen LogP contribution in [-0.2, 0) is 17.8 Å². The van der Waals surface area contributed by atoms with Crippen LogP contribution in [0, 0.1) is 5.92 Å². The lowest BCUT2D eigenvalue weighted by Gasteiger charge is -2.15. The van der Waals surface area contributed by atoms with Crippen molar-refractivity contribution < 1.29 is 4.79 Å². The van der Waals surface area contributed by atoms with Gasteiger partial charge in [0, 0.05) is 18.2 Å². The van der Waals surface area contributed by atoms with Crippen molar-refractivity contribution in [2.24, 2.45) is 11.7 Å². The zero-order valence-electron chi connectivity index (χ0n) is 10.7. The highest BCUT2D eigenvalue weighted by Crippen LogP contribution is 2.06. The standard InChI is InChI=1S/C13H21N3O/c1-4-11-6-5-7-15-12(11)8-16-13(17)9(2)10(3)14/h5-7,9-10H,4,8,14H2,1-3H3,(H,16,17). The van der Waals surface area contributed by atoms with Crippen LogP contribution in [0.5, 0.6) is 0 Å². The van der Waals surface area contributed by atoms with Crippen LogP contribution >= 0.6 is 0 Å². The molecule has 0 aromatic carbocycles. The van der Waals surface area contributed by atoms with Crippen molar-refractivity contribution in [2.75, 3.05) is 0 Å². The zero-order valence-corrected chi connectivity index (χ0v) is 10.7. The smallest absolute Gasteiger partial charge is 0.224 e. The fourth-order valence-corrected chi connectivity index (χ4v) is 1.52. The van der Waals surface area contributed by atoms with Gasteiger partial charge in [0.15, 0.2) is 0 Å². The zero-order chi connectivity index (χ0) is 12.8. The molecule has 0 fully saturated rings. The van der Waals surface area contributed by atoms with Crippen LogP contribution < -0.4 is 11.1 Å². The molecule has 4 heteroatoms. The first-order chi connectivity index (χ1) is 8.06. The average Bonchev–Trinajstić information content (AvgIpc) is 2.35. The molecular formula is C13H21N3O. The summed E-state index contributed by atoms with van der Waals surface area (Å²) in [5, 5.41) is 2.87. The molecule has 1 amide bonds. The van der Waals surface area contributed by atoms with Gasteiger partial charge in [-0.25, -0.2) is 0 Å². The molecule has 1 aromatic rings. The van der Waals surface area contributed by atoms with Crippen LogP contribution in [-0.4, -0.2) is 16.9 Å². The molecule has 1 rings (SSSR count). The van der Waals surface area contributed by atoms with Gasteiger partial charge in [0.2, 0.25) is 5.91 Å². The summed E-state index contributed by atoms with van der Waals surface area (Å²) in [5.74, 6) is -0.198. The number of carbonyl (C=O) groups excluding carboxylic acids is 1. The maximum absolute atomic E-state index is 11.7. The molecule has 2 atom stereocenters. The van der Waals surface area contributed by atoms with E-state index in [0.717, 1.165) is 12.1 Å². The molecule has 0 radical (unpaired) electrons. The number of amides is 1. The van der Waals surface area contributed by atoms with E-state index in [9.17, 15) is 4.79 Å². The Bertz CT molecular complexity index is 377. The van der Waals surface area contributed by atoms with Crippen LogP contribution in [0.1, 0.15) is 32.0 Å². The van der Waals surface area contributed by atoms with E-state index in [1.54, 1.807) is 6.20 Å². The predicted octanol–water partition coefficient (Wildman–Crippen LogP) is 1.24. The molecule has 94 valence electrons. The lowest BCUT2D eigenvalue weighted by Crippen LogP contribution is -2.38. The van der Waals surface area contributed by atoms with Crippen molar-refractivity contribution in [1.29, 1.82) is 0 Å².